The summed E-state index contributed by atoms with van der Waals surface area (Å²) in [5.74, 6) is -0.0331. The van der Waals surface area contributed by atoms with Crippen LogP contribution in [0.1, 0.15) is 45.1 Å². The Hall–Kier alpha value is -1.86. The van der Waals surface area contributed by atoms with E-state index < -0.39 is 0 Å². The van der Waals surface area contributed by atoms with E-state index in [4.69, 9.17) is 5.26 Å². The summed E-state index contributed by atoms with van der Waals surface area (Å²) in [6.07, 6.45) is 3.66. The van der Waals surface area contributed by atoms with Crippen LogP contribution in [0.5, 0.6) is 0 Å². The maximum atomic E-state index is 11.9. The Balaban J connectivity index is 2.36. The van der Waals surface area contributed by atoms with Gasteiger partial charge >= 0.3 is 0 Å². The summed E-state index contributed by atoms with van der Waals surface area (Å²) in [7, 11) is 2.10. The molecular weight excluding hydrogens is 262 g/mol. The first kappa shape index (κ1) is 17.2. The van der Waals surface area contributed by atoms with Crippen LogP contribution in [-0.4, -0.2) is 30.4 Å². The highest BCUT2D eigenvalue weighted by Crippen LogP contribution is 2.14. The van der Waals surface area contributed by atoms with Crippen LogP contribution < -0.4 is 5.32 Å². The zero-order valence-electron chi connectivity index (χ0n) is 13.2. The topological polar surface area (TPSA) is 56.1 Å². The molecule has 0 spiro atoms. The van der Waals surface area contributed by atoms with Crippen LogP contribution >= 0.6 is 0 Å². The van der Waals surface area contributed by atoms with Crippen molar-refractivity contribution in [3.05, 3.63) is 29.8 Å². The van der Waals surface area contributed by atoms with Gasteiger partial charge in [0.1, 0.15) is 6.07 Å². The number of anilines is 1. The van der Waals surface area contributed by atoms with Crippen molar-refractivity contribution in [2.75, 3.05) is 18.9 Å². The van der Waals surface area contributed by atoms with Crippen molar-refractivity contribution in [1.29, 1.82) is 5.26 Å². The highest BCUT2D eigenvalue weighted by Gasteiger charge is 2.10. The summed E-state index contributed by atoms with van der Waals surface area (Å²) in [6.45, 7) is 5.31. The van der Waals surface area contributed by atoms with Crippen LogP contribution in [0.4, 0.5) is 5.69 Å². The Bertz CT molecular complexity index is 493. The molecule has 1 amide bonds. The number of hydrogen-bond donors (Lipinski definition) is 1. The van der Waals surface area contributed by atoms with Crippen molar-refractivity contribution in [3.8, 4) is 6.07 Å². The molecular formula is C17H25N3O. The van der Waals surface area contributed by atoms with E-state index in [1.54, 1.807) is 18.2 Å². The lowest BCUT2D eigenvalue weighted by Gasteiger charge is -2.24. The SMILES string of the molecule is CCCC(C)N(C)CCCC(=O)Nc1ccccc1C#N. The van der Waals surface area contributed by atoms with Crippen molar-refractivity contribution < 1.29 is 4.79 Å². The third kappa shape index (κ3) is 5.97. The molecule has 0 saturated carbocycles. The van der Waals surface area contributed by atoms with Gasteiger partial charge in [0.25, 0.3) is 0 Å². The summed E-state index contributed by atoms with van der Waals surface area (Å²) >= 11 is 0. The van der Waals surface area contributed by atoms with E-state index in [0.29, 0.717) is 23.7 Å². The second-order valence-electron chi connectivity index (χ2n) is 5.43. The second kappa shape index (κ2) is 9.15. The van der Waals surface area contributed by atoms with E-state index in [-0.39, 0.29) is 5.91 Å². The predicted molar refractivity (Wildman–Crippen MR) is 86.0 cm³/mol. The van der Waals surface area contributed by atoms with E-state index >= 15 is 0 Å². The summed E-state index contributed by atoms with van der Waals surface area (Å²) in [4.78, 5) is 14.2. The molecule has 21 heavy (non-hydrogen) atoms. The van der Waals surface area contributed by atoms with Gasteiger partial charge < -0.3 is 10.2 Å². The van der Waals surface area contributed by atoms with Gasteiger partial charge in [0.2, 0.25) is 5.91 Å². The van der Waals surface area contributed by atoms with Gasteiger partial charge in [0.15, 0.2) is 0 Å². The van der Waals surface area contributed by atoms with Gasteiger partial charge in [-0.05, 0) is 45.5 Å². The Labute approximate surface area is 127 Å². The largest absolute Gasteiger partial charge is 0.325 e. The minimum Gasteiger partial charge on any atom is -0.325 e. The lowest BCUT2D eigenvalue weighted by Crippen LogP contribution is -2.30. The van der Waals surface area contributed by atoms with E-state index in [0.717, 1.165) is 13.0 Å². The number of para-hydroxylation sites is 1. The van der Waals surface area contributed by atoms with E-state index in [9.17, 15) is 4.79 Å². The minimum atomic E-state index is -0.0331. The van der Waals surface area contributed by atoms with Crippen molar-refractivity contribution in [3.63, 3.8) is 0 Å². The fraction of sp³-hybridized carbons (Fsp3) is 0.529. The van der Waals surface area contributed by atoms with Gasteiger partial charge in [0, 0.05) is 12.5 Å². The molecule has 0 aliphatic heterocycles. The van der Waals surface area contributed by atoms with E-state index in [1.807, 2.05) is 6.07 Å². The highest BCUT2D eigenvalue weighted by molar-refractivity contribution is 5.92. The highest BCUT2D eigenvalue weighted by atomic mass is 16.1. The molecule has 0 fully saturated rings. The van der Waals surface area contributed by atoms with E-state index in [2.05, 4.69) is 37.2 Å². The van der Waals surface area contributed by atoms with Gasteiger partial charge in [-0.15, -0.1) is 0 Å². The standard InChI is InChI=1S/C17H25N3O/c1-4-8-14(2)20(3)12-7-11-17(21)19-16-10-6-5-9-15(16)13-18/h5-6,9-10,14H,4,7-8,11-12H2,1-3H3,(H,19,21). The summed E-state index contributed by atoms with van der Waals surface area (Å²) in [5, 5.41) is 11.8. The quantitative estimate of drug-likeness (QED) is 0.797. The lowest BCUT2D eigenvalue weighted by molar-refractivity contribution is -0.116. The van der Waals surface area contributed by atoms with Gasteiger partial charge in [-0.2, -0.15) is 5.26 Å². The molecule has 0 aliphatic rings. The van der Waals surface area contributed by atoms with Gasteiger partial charge in [-0.25, -0.2) is 0 Å². The Kier molecular flexibility index (Phi) is 7.49. The average molecular weight is 287 g/mol. The minimum absolute atomic E-state index is 0.0331. The number of amides is 1. The average Bonchev–Trinajstić information content (AvgIpc) is 2.47. The third-order valence-corrected chi connectivity index (χ3v) is 3.70. The number of rotatable bonds is 8. The smallest absolute Gasteiger partial charge is 0.224 e. The number of carbonyl (C=O) groups is 1. The molecule has 4 heteroatoms. The van der Waals surface area contributed by atoms with Crippen molar-refractivity contribution >= 4 is 11.6 Å². The van der Waals surface area contributed by atoms with Gasteiger partial charge in [0.05, 0.1) is 11.3 Å². The zero-order valence-corrected chi connectivity index (χ0v) is 13.2. The molecule has 1 aromatic rings. The predicted octanol–water partition coefficient (Wildman–Crippen LogP) is 3.40. The van der Waals surface area contributed by atoms with Gasteiger partial charge in [-0.3, -0.25) is 4.79 Å². The molecule has 1 rings (SSSR count). The lowest BCUT2D eigenvalue weighted by atomic mass is 10.1. The Morgan fingerprint density at radius 3 is 2.81 bits per heavy atom. The molecule has 114 valence electrons. The van der Waals surface area contributed by atoms with Gasteiger partial charge in [-0.1, -0.05) is 25.5 Å². The van der Waals surface area contributed by atoms with Crippen LogP contribution in [0.2, 0.25) is 0 Å². The fourth-order valence-electron chi connectivity index (χ4n) is 2.25. The number of nitrogens with zero attached hydrogens (tertiary/aromatic N) is 2. The third-order valence-electron chi connectivity index (χ3n) is 3.70. The fourth-order valence-corrected chi connectivity index (χ4v) is 2.25. The monoisotopic (exact) mass is 287 g/mol. The first-order valence-electron chi connectivity index (χ1n) is 7.57. The van der Waals surface area contributed by atoms with E-state index in [1.165, 1.54) is 12.8 Å². The molecule has 0 aliphatic carbocycles. The van der Waals surface area contributed by atoms with Crippen LogP contribution in [0, 0.1) is 11.3 Å². The molecule has 1 N–H and O–H groups in total. The molecule has 4 nitrogen and oxygen atoms in total. The number of carbonyl (C=O) groups excluding carboxylic acids is 1. The molecule has 0 radical (unpaired) electrons. The number of hydrogen-bond acceptors (Lipinski definition) is 3. The van der Waals surface area contributed by atoms with Crippen LogP contribution in [-0.2, 0) is 4.79 Å². The molecule has 1 unspecified atom stereocenters. The first-order valence-corrected chi connectivity index (χ1v) is 7.57. The first-order chi connectivity index (χ1) is 10.1. The molecule has 1 aromatic carbocycles. The second-order valence-corrected chi connectivity index (χ2v) is 5.43. The van der Waals surface area contributed by atoms with Crippen LogP contribution in [0.25, 0.3) is 0 Å². The number of nitriles is 1. The molecule has 0 saturated heterocycles. The molecule has 0 bridgehead atoms. The zero-order chi connectivity index (χ0) is 15.7. The summed E-state index contributed by atoms with van der Waals surface area (Å²) in [6, 6.07) is 9.70. The Morgan fingerprint density at radius 2 is 2.14 bits per heavy atom. The summed E-state index contributed by atoms with van der Waals surface area (Å²) in [5.41, 5.74) is 1.09. The molecule has 0 aromatic heterocycles. The van der Waals surface area contributed by atoms with Crippen LogP contribution in [0.3, 0.4) is 0 Å². The van der Waals surface area contributed by atoms with Crippen molar-refractivity contribution in [1.82, 2.24) is 4.90 Å². The Morgan fingerprint density at radius 1 is 1.43 bits per heavy atom. The molecule has 0 heterocycles. The normalized spacial score (nSPS) is 12.0. The molecule has 1 atom stereocenters. The maximum absolute atomic E-state index is 11.9. The maximum Gasteiger partial charge on any atom is 0.224 e. The van der Waals surface area contributed by atoms with Crippen molar-refractivity contribution in [2.24, 2.45) is 0 Å². The number of nitrogens with one attached hydrogen (secondary N) is 1. The van der Waals surface area contributed by atoms with Crippen molar-refractivity contribution in [2.45, 2.75) is 45.6 Å². The summed E-state index contributed by atoms with van der Waals surface area (Å²) < 4.78 is 0. The number of benzene rings is 1. The van der Waals surface area contributed by atoms with Crippen LogP contribution in [0.15, 0.2) is 24.3 Å².